The van der Waals surface area contributed by atoms with Crippen LogP contribution in [0.5, 0.6) is 11.5 Å². The van der Waals surface area contributed by atoms with E-state index in [2.05, 4.69) is 9.89 Å². The number of hydrogen-bond donors (Lipinski definition) is 0. The predicted octanol–water partition coefficient (Wildman–Crippen LogP) is 4.11. The van der Waals surface area contributed by atoms with Crippen LogP contribution in [0.4, 0.5) is 16.2 Å². The lowest BCUT2D eigenvalue weighted by Crippen LogP contribution is -2.33. The highest BCUT2D eigenvalue weighted by Gasteiger charge is 2.35. The first-order chi connectivity index (χ1) is 14.5. The number of hydrogen-bond acceptors (Lipinski definition) is 5. The van der Waals surface area contributed by atoms with Crippen molar-refractivity contribution in [1.29, 1.82) is 0 Å². The molecule has 1 fully saturated rings. The van der Waals surface area contributed by atoms with Gasteiger partial charge in [0.05, 0.1) is 25.6 Å². The first-order valence-corrected chi connectivity index (χ1v) is 10.1. The largest absolute Gasteiger partial charge is 0.496 e. The Morgan fingerprint density at radius 2 is 1.77 bits per heavy atom. The molecule has 4 rings (SSSR count). The van der Waals surface area contributed by atoms with Gasteiger partial charge in [-0.2, -0.15) is 4.99 Å². The molecule has 0 bridgehead atoms. The van der Waals surface area contributed by atoms with Crippen LogP contribution in [0, 0.1) is 0 Å². The summed E-state index contributed by atoms with van der Waals surface area (Å²) < 4.78 is 11.2. The number of methoxy groups -OCH3 is 2. The third-order valence-corrected chi connectivity index (χ3v) is 5.56. The predicted molar refractivity (Wildman–Crippen MR) is 116 cm³/mol. The van der Waals surface area contributed by atoms with E-state index in [0.29, 0.717) is 22.2 Å². The summed E-state index contributed by atoms with van der Waals surface area (Å²) in [6, 6.07) is 9.72. The number of anilines is 2. The van der Waals surface area contributed by atoms with Crippen molar-refractivity contribution in [1.82, 2.24) is 0 Å². The summed E-state index contributed by atoms with van der Waals surface area (Å²) in [5.74, 6) is 0.866. The summed E-state index contributed by atoms with van der Waals surface area (Å²) in [6.45, 7) is 1.93. The molecule has 7 nitrogen and oxygen atoms in total. The summed E-state index contributed by atoms with van der Waals surface area (Å²) >= 11 is 6.01. The minimum atomic E-state index is -0.628. The van der Waals surface area contributed by atoms with E-state index in [9.17, 15) is 9.59 Å². The molecule has 8 heteroatoms. The van der Waals surface area contributed by atoms with E-state index in [1.807, 2.05) is 12.1 Å². The number of amides is 3. The van der Waals surface area contributed by atoms with Crippen LogP contribution in [0.15, 0.2) is 41.4 Å². The fourth-order valence-electron chi connectivity index (χ4n) is 3.86. The van der Waals surface area contributed by atoms with E-state index in [-0.39, 0.29) is 12.1 Å². The van der Waals surface area contributed by atoms with E-state index >= 15 is 0 Å². The standard InChI is InChI=1S/C22H22ClN3O4/c1-29-19-13-18(25-8-3-4-9-25)20(30-2)11-14(19)10-17-21(27)26(22(28)24-17)16-7-5-6-15(23)12-16/h5-7,11-13H,3-4,8-10H2,1-2H3. The number of carbonyl (C=O) groups is 2. The molecule has 30 heavy (non-hydrogen) atoms. The smallest absolute Gasteiger partial charge is 0.355 e. The number of nitrogens with zero attached hydrogens (tertiary/aromatic N) is 3. The Balaban J connectivity index is 1.63. The second-order valence-corrected chi connectivity index (χ2v) is 7.60. The van der Waals surface area contributed by atoms with E-state index in [1.165, 1.54) is 0 Å². The monoisotopic (exact) mass is 427 g/mol. The van der Waals surface area contributed by atoms with E-state index in [0.717, 1.165) is 42.1 Å². The van der Waals surface area contributed by atoms with Gasteiger partial charge in [0, 0.05) is 36.2 Å². The molecule has 2 aliphatic rings. The molecule has 2 aromatic carbocycles. The second-order valence-electron chi connectivity index (χ2n) is 7.17. The van der Waals surface area contributed by atoms with Crippen LogP contribution in [0.1, 0.15) is 18.4 Å². The molecule has 2 aromatic rings. The van der Waals surface area contributed by atoms with Crippen LogP contribution in [0.2, 0.25) is 5.02 Å². The molecular weight excluding hydrogens is 406 g/mol. The maximum Gasteiger partial charge on any atom is 0.355 e. The normalized spacial score (nSPS) is 16.3. The fraction of sp³-hybridized carbons (Fsp3) is 0.318. The number of urea groups is 1. The van der Waals surface area contributed by atoms with Crippen molar-refractivity contribution in [2.75, 3.05) is 37.1 Å². The number of ether oxygens (including phenoxy) is 2. The molecule has 0 saturated carbocycles. The molecule has 1 saturated heterocycles. The summed E-state index contributed by atoms with van der Waals surface area (Å²) in [5.41, 5.74) is 2.23. The van der Waals surface area contributed by atoms with Gasteiger partial charge in [-0.05, 0) is 37.1 Å². The molecule has 0 aromatic heterocycles. The molecule has 0 atom stereocenters. The van der Waals surface area contributed by atoms with Crippen molar-refractivity contribution < 1.29 is 19.1 Å². The zero-order valence-corrected chi connectivity index (χ0v) is 17.6. The highest BCUT2D eigenvalue weighted by atomic mass is 35.5. The average Bonchev–Trinajstić information content (AvgIpc) is 3.36. The van der Waals surface area contributed by atoms with Crippen LogP contribution in [0.3, 0.4) is 0 Å². The van der Waals surface area contributed by atoms with Crippen molar-refractivity contribution in [3.8, 4) is 11.5 Å². The van der Waals surface area contributed by atoms with Crippen LogP contribution in [-0.4, -0.2) is 45.0 Å². The molecule has 3 amide bonds. The van der Waals surface area contributed by atoms with E-state index in [1.54, 1.807) is 38.5 Å². The average molecular weight is 428 g/mol. The quantitative estimate of drug-likeness (QED) is 0.693. The molecular formula is C22H22ClN3O4. The molecule has 0 spiro atoms. The van der Waals surface area contributed by atoms with Crippen molar-refractivity contribution >= 4 is 40.6 Å². The first kappa shape index (κ1) is 20.2. The zero-order chi connectivity index (χ0) is 21.3. The number of aliphatic imine (C=N–C) groups is 1. The van der Waals surface area contributed by atoms with Crippen molar-refractivity contribution in [2.24, 2.45) is 4.99 Å². The van der Waals surface area contributed by atoms with Gasteiger partial charge in [0.15, 0.2) is 0 Å². The molecule has 156 valence electrons. The number of rotatable bonds is 6. The summed E-state index contributed by atoms with van der Waals surface area (Å²) in [5, 5.41) is 0.436. The Morgan fingerprint density at radius 1 is 1.03 bits per heavy atom. The number of benzene rings is 2. The van der Waals surface area contributed by atoms with E-state index in [4.69, 9.17) is 21.1 Å². The molecule has 0 N–H and O–H groups in total. The van der Waals surface area contributed by atoms with Gasteiger partial charge in [-0.25, -0.2) is 9.69 Å². The SMILES string of the molecule is COc1cc(N2CCCC2)c(OC)cc1CC1=NC(=O)N(c2cccc(Cl)c2)C1=O. The van der Waals surface area contributed by atoms with Crippen LogP contribution < -0.4 is 19.3 Å². The van der Waals surface area contributed by atoms with Crippen LogP contribution >= 0.6 is 11.6 Å². The Hall–Kier alpha value is -3.06. The number of halogens is 1. The lowest BCUT2D eigenvalue weighted by atomic mass is 10.0. The second kappa shape index (κ2) is 8.36. The van der Waals surface area contributed by atoms with Gasteiger partial charge < -0.3 is 14.4 Å². The maximum absolute atomic E-state index is 12.9. The van der Waals surface area contributed by atoms with Gasteiger partial charge in [0.25, 0.3) is 5.91 Å². The van der Waals surface area contributed by atoms with Gasteiger partial charge >= 0.3 is 6.03 Å². The van der Waals surface area contributed by atoms with Crippen LogP contribution in [-0.2, 0) is 11.2 Å². The first-order valence-electron chi connectivity index (χ1n) is 9.73. The third-order valence-electron chi connectivity index (χ3n) is 5.32. The number of carbonyl (C=O) groups excluding carboxylic acids is 2. The minimum Gasteiger partial charge on any atom is -0.496 e. The molecule has 0 unspecified atom stereocenters. The van der Waals surface area contributed by atoms with Crippen molar-refractivity contribution in [3.63, 3.8) is 0 Å². The lowest BCUT2D eigenvalue weighted by Gasteiger charge is -2.22. The highest BCUT2D eigenvalue weighted by molar-refractivity contribution is 6.54. The van der Waals surface area contributed by atoms with E-state index < -0.39 is 11.9 Å². The molecule has 0 radical (unpaired) electrons. The van der Waals surface area contributed by atoms with Gasteiger partial charge in [-0.1, -0.05) is 17.7 Å². The lowest BCUT2D eigenvalue weighted by molar-refractivity contribution is -0.111. The third kappa shape index (κ3) is 3.73. The fourth-order valence-corrected chi connectivity index (χ4v) is 4.04. The zero-order valence-electron chi connectivity index (χ0n) is 16.9. The van der Waals surface area contributed by atoms with Crippen molar-refractivity contribution in [2.45, 2.75) is 19.3 Å². The van der Waals surface area contributed by atoms with Gasteiger partial charge in [-0.15, -0.1) is 0 Å². The molecule has 0 aliphatic carbocycles. The summed E-state index contributed by atoms with van der Waals surface area (Å²) in [6.07, 6.45) is 2.43. The van der Waals surface area contributed by atoms with Crippen LogP contribution in [0.25, 0.3) is 0 Å². The Morgan fingerprint density at radius 3 is 2.43 bits per heavy atom. The van der Waals surface area contributed by atoms with Gasteiger partial charge in [0.1, 0.15) is 17.2 Å². The Bertz CT molecular complexity index is 1030. The molecule has 2 heterocycles. The highest BCUT2D eigenvalue weighted by Crippen LogP contribution is 2.38. The van der Waals surface area contributed by atoms with Gasteiger partial charge in [-0.3, -0.25) is 4.79 Å². The van der Waals surface area contributed by atoms with Gasteiger partial charge in [0.2, 0.25) is 0 Å². The minimum absolute atomic E-state index is 0.147. The maximum atomic E-state index is 12.9. The topological polar surface area (TPSA) is 71.4 Å². The summed E-state index contributed by atoms with van der Waals surface area (Å²) in [7, 11) is 3.20. The Kier molecular flexibility index (Phi) is 5.63. The Labute approximate surface area is 179 Å². The number of imide groups is 1. The van der Waals surface area contributed by atoms with Crippen molar-refractivity contribution in [3.05, 3.63) is 47.0 Å². The molecule has 2 aliphatic heterocycles. The summed E-state index contributed by atoms with van der Waals surface area (Å²) in [4.78, 5) is 32.6.